The predicted molar refractivity (Wildman–Crippen MR) is 33.3 cm³/mol. The van der Waals surface area contributed by atoms with Gasteiger partial charge in [0.15, 0.2) is 0 Å². The molecule has 0 aromatic heterocycles. The van der Waals surface area contributed by atoms with Gasteiger partial charge in [-0.15, -0.1) is 0 Å². The Kier molecular flexibility index (Phi) is 19.0. The molecular formula is C4H10N2O3. The smallest absolute Gasteiger partial charge is 0.0877 e. The molecule has 0 aliphatic carbocycles. The van der Waals surface area contributed by atoms with Crippen LogP contribution in [0.1, 0.15) is 6.92 Å². The molecule has 3 N–H and O–H groups in total. The van der Waals surface area contributed by atoms with Crippen LogP contribution in [0.25, 0.3) is 0 Å². The van der Waals surface area contributed by atoms with Crippen molar-refractivity contribution in [3.8, 4) is 0 Å². The average molecular weight is 134 g/mol. The van der Waals surface area contributed by atoms with Crippen LogP contribution in [0.15, 0.2) is 10.3 Å². The normalized spacial score (nSPS) is 9.56. The average Bonchev–Trinajstić information content (AvgIpc) is 1.86. The lowest BCUT2D eigenvalue weighted by Crippen LogP contribution is -1.70. The van der Waals surface area contributed by atoms with Crippen LogP contribution >= 0.6 is 0 Å². The van der Waals surface area contributed by atoms with Gasteiger partial charge in [0.2, 0.25) is 0 Å². The van der Waals surface area contributed by atoms with Crippen LogP contribution in [0, 0.1) is 0 Å². The second kappa shape index (κ2) is 15.8. The van der Waals surface area contributed by atoms with E-state index in [4.69, 9.17) is 15.5 Å². The summed E-state index contributed by atoms with van der Waals surface area (Å²) >= 11 is 0. The summed E-state index contributed by atoms with van der Waals surface area (Å²) < 4.78 is 0. The van der Waals surface area contributed by atoms with Crippen LogP contribution in [0.2, 0.25) is 0 Å². The van der Waals surface area contributed by atoms with E-state index in [0.29, 0.717) is 0 Å². The third kappa shape index (κ3) is 45.9. The number of aliphatic hydroxyl groups excluding tert-OH is 1. The molecule has 0 atom stereocenters. The van der Waals surface area contributed by atoms with E-state index in [2.05, 4.69) is 10.3 Å². The first-order valence-corrected chi connectivity index (χ1v) is 2.27. The largest absolute Gasteiger partial charge is 0.411 e. The van der Waals surface area contributed by atoms with Gasteiger partial charge in [-0.25, -0.2) is 0 Å². The van der Waals surface area contributed by atoms with E-state index in [1.807, 2.05) is 0 Å². The second-order valence-electron chi connectivity index (χ2n) is 0.845. The highest BCUT2D eigenvalue weighted by atomic mass is 16.4. The molecule has 0 aromatic rings. The lowest BCUT2D eigenvalue weighted by Gasteiger charge is -1.62. The fourth-order valence-corrected chi connectivity index (χ4v) is 0.0596. The van der Waals surface area contributed by atoms with Gasteiger partial charge >= 0.3 is 0 Å². The molecule has 0 amide bonds. The van der Waals surface area contributed by atoms with Crippen LogP contribution < -0.4 is 0 Å². The van der Waals surface area contributed by atoms with E-state index < -0.39 is 0 Å². The Labute approximate surface area is 52.9 Å². The molecule has 0 spiro atoms. The molecule has 0 aliphatic rings. The molecule has 0 fully saturated rings. The highest BCUT2D eigenvalue weighted by Crippen LogP contribution is 1.45. The molecule has 0 aromatic carbocycles. The number of aliphatic hydroxyl groups is 1. The van der Waals surface area contributed by atoms with Crippen LogP contribution in [0.4, 0.5) is 0 Å². The third-order valence-electron chi connectivity index (χ3n) is 0.200. The van der Waals surface area contributed by atoms with Gasteiger partial charge in [-0.3, -0.25) is 0 Å². The van der Waals surface area contributed by atoms with Crippen LogP contribution in [-0.4, -0.2) is 34.6 Å². The molecule has 0 radical (unpaired) electrons. The minimum atomic E-state index is 0.250. The molecule has 0 heterocycles. The van der Waals surface area contributed by atoms with Gasteiger partial charge in [0.1, 0.15) is 0 Å². The molecule has 54 valence electrons. The second-order valence-corrected chi connectivity index (χ2v) is 0.845. The summed E-state index contributed by atoms with van der Waals surface area (Å²) in [5, 5.41) is 27.7. The first-order chi connectivity index (χ1) is 4.33. The van der Waals surface area contributed by atoms with E-state index in [1.165, 1.54) is 0 Å². The fraction of sp³-hybridized carbons (Fsp3) is 0.500. The summed E-state index contributed by atoms with van der Waals surface area (Å²) in [6.07, 6.45) is 1.89. The molecule has 0 saturated heterocycles. The van der Waals surface area contributed by atoms with Crippen LogP contribution in [-0.2, 0) is 0 Å². The summed E-state index contributed by atoms with van der Waals surface area (Å²) in [4.78, 5) is 0. The van der Waals surface area contributed by atoms with Gasteiger partial charge in [-0.1, -0.05) is 10.3 Å². The maximum absolute atomic E-state index is 7.57. The lowest BCUT2D eigenvalue weighted by atomic mass is 10.8. The Bertz CT molecular complexity index is 71.9. The van der Waals surface area contributed by atoms with Gasteiger partial charge < -0.3 is 15.5 Å². The van der Waals surface area contributed by atoms with Crippen molar-refractivity contribution >= 4 is 12.4 Å². The number of hydrogen-bond acceptors (Lipinski definition) is 5. The van der Waals surface area contributed by atoms with E-state index in [0.717, 1.165) is 12.4 Å². The topological polar surface area (TPSA) is 85.4 Å². The SMILES string of the molecule is CCO.ON=CC=NO. The summed E-state index contributed by atoms with van der Waals surface area (Å²) in [5.41, 5.74) is 0. The minimum absolute atomic E-state index is 0.250. The Balaban J connectivity index is 0. The Hall–Kier alpha value is -1.10. The Morgan fingerprint density at radius 1 is 1.22 bits per heavy atom. The van der Waals surface area contributed by atoms with E-state index in [9.17, 15) is 0 Å². The number of rotatable bonds is 1. The molecule has 0 unspecified atom stereocenters. The van der Waals surface area contributed by atoms with Crippen molar-refractivity contribution in [1.82, 2.24) is 0 Å². The maximum Gasteiger partial charge on any atom is 0.0877 e. The maximum atomic E-state index is 7.57. The van der Waals surface area contributed by atoms with E-state index >= 15 is 0 Å². The Morgan fingerprint density at radius 3 is 1.56 bits per heavy atom. The molecule has 5 nitrogen and oxygen atoms in total. The highest BCUT2D eigenvalue weighted by Gasteiger charge is 1.54. The van der Waals surface area contributed by atoms with Gasteiger partial charge in [-0.05, 0) is 6.92 Å². The number of nitrogens with zero attached hydrogens (tertiary/aromatic N) is 2. The number of hydrogen-bond donors (Lipinski definition) is 3. The van der Waals surface area contributed by atoms with Crippen molar-refractivity contribution in [1.29, 1.82) is 0 Å². The quantitative estimate of drug-likeness (QED) is 0.266. The first kappa shape index (κ1) is 10.8. The van der Waals surface area contributed by atoms with Crippen molar-refractivity contribution in [3.05, 3.63) is 0 Å². The zero-order valence-corrected chi connectivity index (χ0v) is 5.10. The molecule has 5 heteroatoms. The van der Waals surface area contributed by atoms with Crippen molar-refractivity contribution < 1.29 is 15.5 Å². The molecule has 0 aliphatic heterocycles. The zero-order chi connectivity index (χ0) is 7.54. The van der Waals surface area contributed by atoms with E-state index in [-0.39, 0.29) is 6.61 Å². The Morgan fingerprint density at radius 2 is 1.44 bits per heavy atom. The van der Waals surface area contributed by atoms with Gasteiger partial charge in [0.05, 0.1) is 12.4 Å². The van der Waals surface area contributed by atoms with Crippen molar-refractivity contribution in [2.75, 3.05) is 6.61 Å². The molecular weight excluding hydrogens is 124 g/mol. The minimum Gasteiger partial charge on any atom is -0.411 e. The molecule has 0 rings (SSSR count). The summed E-state index contributed by atoms with van der Waals surface area (Å²) in [6, 6.07) is 0. The summed E-state index contributed by atoms with van der Waals surface area (Å²) in [5.74, 6) is 0. The van der Waals surface area contributed by atoms with Gasteiger partial charge in [-0.2, -0.15) is 0 Å². The summed E-state index contributed by atoms with van der Waals surface area (Å²) in [6.45, 7) is 1.93. The van der Waals surface area contributed by atoms with Crippen molar-refractivity contribution in [3.63, 3.8) is 0 Å². The van der Waals surface area contributed by atoms with Crippen LogP contribution in [0.5, 0.6) is 0 Å². The summed E-state index contributed by atoms with van der Waals surface area (Å²) in [7, 11) is 0. The fourth-order valence-electron chi connectivity index (χ4n) is 0.0596. The highest BCUT2D eigenvalue weighted by molar-refractivity contribution is 6.15. The van der Waals surface area contributed by atoms with Gasteiger partial charge in [0, 0.05) is 6.61 Å². The molecule has 9 heavy (non-hydrogen) atoms. The molecule has 0 saturated carbocycles. The lowest BCUT2D eigenvalue weighted by molar-refractivity contribution is 0.317. The van der Waals surface area contributed by atoms with E-state index in [1.54, 1.807) is 6.92 Å². The van der Waals surface area contributed by atoms with Crippen LogP contribution in [0.3, 0.4) is 0 Å². The third-order valence-corrected chi connectivity index (χ3v) is 0.200. The van der Waals surface area contributed by atoms with Crippen molar-refractivity contribution in [2.24, 2.45) is 10.3 Å². The zero-order valence-electron chi connectivity index (χ0n) is 5.10. The first-order valence-electron chi connectivity index (χ1n) is 2.27. The monoisotopic (exact) mass is 134 g/mol. The van der Waals surface area contributed by atoms with Gasteiger partial charge in [0.25, 0.3) is 0 Å². The van der Waals surface area contributed by atoms with Crippen molar-refractivity contribution in [2.45, 2.75) is 6.92 Å². The number of oxime groups is 2. The molecule has 0 bridgehead atoms. The standard InChI is InChI=1S/C2H4N2O2.C2H6O/c5-3-1-2-4-6;1-2-3/h1-2,5-6H;3H,2H2,1H3. The predicted octanol–water partition coefficient (Wildman–Crippen LogP) is -0.0950.